The third-order valence-corrected chi connectivity index (χ3v) is 4.97. The molecule has 0 atom stereocenters. The van der Waals surface area contributed by atoms with Crippen molar-refractivity contribution in [2.75, 3.05) is 5.32 Å². The molecule has 20 heavy (non-hydrogen) atoms. The highest BCUT2D eigenvalue weighted by Gasteiger charge is 2.30. The van der Waals surface area contributed by atoms with Crippen LogP contribution in [0.4, 0.5) is 10.1 Å². The lowest BCUT2D eigenvalue weighted by molar-refractivity contribution is 0.373. The molecular weight excluding hydrogens is 317 g/mol. The molecule has 0 saturated heterocycles. The average molecular weight is 334 g/mol. The summed E-state index contributed by atoms with van der Waals surface area (Å²) < 4.78 is 14.0. The average Bonchev–Trinajstić information content (AvgIpc) is 2.39. The molecule has 0 amide bonds. The molecule has 1 saturated carbocycles. The zero-order valence-electron chi connectivity index (χ0n) is 11.4. The van der Waals surface area contributed by atoms with E-state index in [9.17, 15) is 4.39 Å². The number of anilines is 1. The molecule has 1 fully saturated rings. The molecule has 0 unspecified atom stereocenters. The predicted molar refractivity (Wildman–Crippen MR) is 84.7 cm³/mol. The van der Waals surface area contributed by atoms with Crippen LogP contribution in [0.1, 0.15) is 29.9 Å². The highest BCUT2D eigenvalue weighted by atomic mass is 79.9. The number of rotatable bonds is 3. The molecule has 0 heterocycles. The van der Waals surface area contributed by atoms with Gasteiger partial charge < -0.3 is 5.32 Å². The normalized spacial score (nSPS) is 21.4. The lowest BCUT2D eigenvalue weighted by Gasteiger charge is -2.37. The smallest absolute Gasteiger partial charge is 0.123 e. The fourth-order valence-corrected chi connectivity index (χ4v) is 3.09. The molecule has 2 aromatic rings. The topological polar surface area (TPSA) is 12.0 Å². The van der Waals surface area contributed by atoms with Crippen molar-refractivity contribution < 1.29 is 4.39 Å². The predicted octanol–water partition coefficient (Wildman–Crippen LogP) is 5.25. The third-order valence-electron chi connectivity index (χ3n) is 4.11. The number of nitrogens with one attached hydrogen (secondary N) is 1. The van der Waals surface area contributed by atoms with Crippen LogP contribution in [0, 0.1) is 12.7 Å². The lowest BCUT2D eigenvalue weighted by atomic mass is 9.76. The van der Waals surface area contributed by atoms with E-state index in [2.05, 4.69) is 46.4 Å². The van der Waals surface area contributed by atoms with Crippen LogP contribution in [0.15, 0.2) is 46.9 Å². The Kier molecular flexibility index (Phi) is 3.79. The molecule has 0 radical (unpaired) electrons. The van der Waals surface area contributed by atoms with E-state index < -0.39 is 0 Å². The van der Waals surface area contributed by atoms with Gasteiger partial charge in [-0.25, -0.2) is 4.39 Å². The van der Waals surface area contributed by atoms with E-state index in [1.54, 1.807) is 12.1 Å². The van der Waals surface area contributed by atoms with Gasteiger partial charge in [0.2, 0.25) is 0 Å². The molecular formula is C17H17BrFN. The highest BCUT2D eigenvalue weighted by molar-refractivity contribution is 9.10. The molecule has 0 spiro atoms. The quantitative estimate of drug-likeness (QED) is 0.808. The Hall–Kier alpha value is -1.35. The van der Waals surface area contributed by atoms with Crippen LogP contribution in [-0.2, 0) is 0 Å². The van der Waals surface area contributed by atoms with E-state index in [1.165, 1.54) is 16.8 Å². The highest BCUT2D eigenvalue weighted by Crippen LogP contribution is 2.39. The maximum absolute atomic E-state index is 12.9. The first-order valence-electron chi connectivity index (χ1n) is 6.90. The van der Waals surface area contributed by atoms with Crippen molar-refractivity contribution in [1.29, 1.82) is 0 Å². The molecule has 0 aliphatic heterocycles. The summed E-state index contributed by atoms with van der Waals surface area (Å²) in [7, 11) is 0. The Balaban J connectivity index is 1.61. The van der Waals surface area contributed by atoms with E-state index >= 15 is 0 Å². The van der Waals surface area contributed by atoms with Gasteiger partial charge in [-0.15, -0.1) is 0 Å². The summed E-state index contributed by atoms with van der Waals surface area (Å²) in [4.78, 5) is 0. The minimum absolute atomic E-state index is 0.160. The van der Waals surface area contributed by atoms with Crippen LogP contribution in [0.3, 0.4) is 0 Å². The summed E-state index contributed by atoms with van der Waals surface area (Å²) in [6.45, 7) is 2.11. The van der Waals surface area contributed by atoms with Crippen LogP contribution in [0.2, 0.25) is 0 Å². The molecule has 1 aliphatic rings. The van der Waals surface area contributed by atoms with Crippen LogP contribution >= 0.6 is 15.9 Å². The van der Waals surface area contributed by atoms with Gasteiger partial charge in [-0.2, -0.15) is 0 Å². The minimum atomic E-state index is -0.160. The van der Waals surface area contributed by atoms with Crippen molar-refractivity contribution in [2.45, 2.75) is 31.7 Å². The van der Waals surface area contributed by atoms with Gasteiger partial charge in [0.25, 0.3) is 0 Å². The van der Waals surface area contributed by atoms with Gasteiger partial charge >= 0.3 is 0 Å². The number of benzene rings is 2. The minimum Gasteiger partial charge on any atom is -0.382 e. The summed E-state index contributed by atoms with van der Waals surface area (Å²) in [5.74, 6) is 0.396. The first-order valence-corrected chi connectivity index (χ1v) is 7.70. The Morgan fingerprint density at radius 3 is 2.50 bits per heavy atom. The van der Waals surface area contributed by atoms with Gasteiger partial charge in [0.05, 0.1) is 0 Å². The number of hydrogen-bond donors (Lipinski definition) is 1. The van der Waals surface area contributed by atoms with Crippen LogP contribution in [-0.4, -0.2) is 6.04 Å². The zero-order chi connectivity index (χ0) is 14.1. The second-order valence-electron chi connectivity index (χ2n) is 5.47. The Morgan fingerprint density at radius 1 is 1.10 bits per heavy atom. The first-order chi connectivity index (χ1) is 9.63. The summed E-state index contributed by atoms with van der Waals surface area (Å²) in [6.07, 6.45) is 2.22. The molecule has 104 valence electrons. The molecule has 0 bridgehead atoms. The van der Waals surface area contributed by atoms with Crippen molar-refractivity contribution >= 4 is 21.6 Å². The monoisotopic (exact) mass is 333 g/mol. The zero-order valence-corrected chi connectivity index (χ0v) is 13.0. The fraction of sp³-hybridized carbons (Fsp3) is 0.294. The summed E-state index contributed by atoms with van der Waals surface area (Å²) >= 11 is 3.56. The molecule has 1 N–H and O–H groups in total. The van der Waals surface area contributed by atoms with Crippen LogP contribution < -0.4 is 5.32 Å². The summed E-state index contributed by atoms with van der Waals surface area (Å²) in [5, 5.41) is 3.59. The van der Waals surface area contributed by atoms with Gasteiger partial charge in [0.15, 0.2) is 0 Å². The van der Waals surface area contributed by atoms with E-state index in [-0.39, 0.29) is 5.82 Å². The molecule has 3 heteroatoms. The summed E-state index contributed by atoms with van der Waals surface area (Å²) in [6, 6.07) is 13.6. The molecule has 2 aromatic carbocycles. The van der Waals surface area contributed by atoms with Crippen molar-refractivity contribution in [2.24, 2.45) is 0 Å². The Labute approximate surface area is 127 Å². The maximum Gasteiger partial charge on any atom is 0.123 e. The van der Waals surface area contributed by atoms with E-state index in [0.29, 0.717) is 12.0 Å². The first kappa shape index (κ1) is 13.6. The van der Waals surface area contributed by atoms with Gasteiger partial charge in [-0.3, -0.25) is 0 Å². The molecule has 1 nitrogen and oxygen atoms in total. The largest absolute Gasteiger partial charge is 0.382 e. The lowest BCUT2D eigenvalue weighted by Crippen LogP contribution is -2.34. The second kappa shape index (κ2) is 5.57. The van der Waals surface area contributed by atoms with Gasteiger partial charge in [0, 0.05) is 16.2 Å². The van der Waals surface area contributed by atoms with E-state index in [1.807, 2.05) is 12.1 Å². The third kappa shape index (κ3) is 2.73. The van der Waals surface area contributed by atoms with Crippen molar-refractivity contribution in [1.82, 2.24) is 0 Å². The fourth-order valence-electron chi connectivity index (χ4n) is 2.73. The standard InChI is InChI=1S/C17H17BrFN/c1-11-16(18)3-2-4-17(11)20-15-9-13(10-15)12-5-7-14(19)8-6-12/h2-8,13,15,20H,9-10H2,1H3. The van der Waals surface area contributed by atoms with Crippen molar-refractivity contribution in [3.63, 3.8) is 0 Å². The van der Waals surface area contributed by atoms with Gasteiger partial charge in [0.1, 0.15) is 5.82 Å². The summed E-state index contributed by atoms with van der Waals surface area (Å²) in [5.41, 5.74) is 3.69. The molecule has 3 rings (SSSR count). The maximum atomic E-state index is 12.9. The Morgan fingerprint density at radius 2 is 1.80 bits per heavy atom. The molecule has 1 aliphatic carbocycles. The van der Waals surface area contributed by atoms with Crippen LogP contribution in [0.25, 0.3) is 0 Å². The molecule has 0 aromatic heterocycles. The Bertz CT molecular complexity index is 603. The van der Waals surface area contributed by atoms with Crippen molar-refractivity contribution in [3.05, 3.63) is 63.9 Å². The number of hydrogen-bond acceptors (Lipinski definition) is 1. The van der Waals surface area contributed by atoms with Crippen molar-refractivity contribution in [3.8, 4) is 0 Å². The number of halogens is 2. The van der Waals surface area contributed by atoms with Gasteiger partial charge in [-0.05, 0) is 61.1 Å². The van der Waals surface area contributed by atoms with Gasteiger partial charge in [-0.1, -0.05) is 34.1 Å². The second-order valence-corrected chi connectivity index (χ2v) is 6.33. The van der Waals surface area contributed by atoms with E-state index in [0.717, 1.165) is 17.3 Å². The van der Waals surface area contributed by atoms with E-state index in [4.69, 9.17) is 0 Å². The van der Waals surface area contributed by atoms with Crippen LogP contribution in [0.5, 0.6) is 0 Å². The SMILES string of the molecule is Cc1c(Br)cccc1NC1CC(c2ccc(F)cc2)C1.